The third kappa shape index (κ3) is 5.58. The van der Waals surface area contributed by atoms with Crippen molar-refractivity contribution in [3.63, 3.8) is 0 Å². The first-order valence-electron chi connectivity index (χ1n) is 6.46. The van der Waals surface area contributed by atoms with Gasteiger partial charge in [-0.15, -0.1) is 0 Å². The number of methoxy groups -OCH3 is 1. The molecule has 1 aromatic heterocycles. The molecular formula is C14H25N3O. The van der Waals surface area contributed by atoms with Crippen LogP contribution in [0.4, 0.5) is 0 Å². The molecule has 18 heavy (non-hydrogen) atoms. The summed E-state index contributed by atoms with van der Waals surface area (Å²) in [6, 6.07) is 6.64. The van der Waals surface area contributed by atoms with Crippen LogP contribution in [-0.2, 0) is 11.3 Å². The van der Waals surface area contributed by atoms with Gasteiger partial charge in [0.05, 0.1) is 12.3 Å². The van der Waals surface area contributed by atoms with Gasteiger partial charge in [-0.2, -0.15) is 0 Å². The number of hydrogen-bond donors (Lipinski definition) is 1. The van der Waals surface area contributed by atoms with E-state index in [9.17, 15) is 0 Å². The number of nitrogens with one attached hydrogen (secondary N) is 1. The SMILES string of the molecule is COCCNCC(C)N(C)Cc1cccc(C)n1. The van der Waals surface area contributed by atoms with E-state index >= 15 is 0 Å². The Labute approximate surface area is 110 Å². The molecule has 102 valence electrons. The van der Waals surface area contributed by atoms with Crippen LogP contribution < -0.4 is 5.32 Å². The molecule has 4 nitrogen and oxygen atoms in total. The lowest BCUT2D eigenvalue weighted by atomic mass is 10.2. The van der Waals surface area contributed by atoms with Gasteiger partial charge < -0.3 is 10.1 Å². The van der Waals surface area contributed by atoms with Crippen LogP contribution in [0.25, 0.3) is 0 Å². The van der Waals surface area contributed by atoms with E-state index in [2.05, 4.69) is 41.3 Å². The Morgan fingerprint density at radius 1 is 1.44 bits per heavy atom. The Morgan fingerprint density at radius 3 is 2.89 bits per heavy atom. The molecule has 1 unspecified atom stereocenters. The predicted octanol–water partition coefficient (Wildman–Crippen LogP) is 1.45. The summed E-state index contributed by atoms with van der Waals surface area (Å²) >= 11 is 0. The Bertz CT molecular complexity index is 344. The molecule has 0 aromatic carbocycles. The Kier molecular flexibility index (Phi) is 6.86. The molecule has 0 fully saturated rings. The average molecular weight is 251 g/mol. The lowest BCUT2D eigenvalue weighted by Crippen LogP contribution is -2.38. The largest absolute Gasteiger partial charge is 0.383 e. The highest BCUT2D eigenvalue weighted by atomic mass is 16.5. The monoisotopic (exact) mass is 251 g/mol. The van der Waals surface area contributed by atoms with Gasteiger partial charge >= 0.3 is 0 Å². The van der Waals surface area contributed by atoms with E-state index in [4.69, 9.17) is 4.74 Å². The van der Waals surface area contributed by atoms with E-state index in [1.54, 1.807) is 7.11 Å². The molecule has 0 bridgehead atoms. The van der Waals surface area contributed by atoms with Crippen molar-refractivity contribution in [3.05, 3.63) is 29.6 Å². The van der Waals surface area contributed by atoms with E-state index in [1.165, 1.54) is 0 Å². The fraction of sp³-hybridized carbons (Fsp3) is 0.643. The zero-order chi connectivity index (χ0) is 13.4. The zero-order valence-electron chi connectivity index (χ0n) is 11.9. The summed E-state index contributed by atoms with van der Waals surface area (Å²) < 4.78 is 5.01. The lowest BCUT2D eigenvalue weighted by Gasteiger charge is -2.24. The molecule has 0 spiro atoms. The molecule has 1 atom stereocenters. The lowest BCUT2D eigenvalue weighted by molar-refractivity contribution is 0.190. The fourth-order valence-electron chi connectivity index (χ4n) is 1.74. The van der Waals surface area contributed by atoms with Crippen molar-refractivity contribution in [2.45, 2.75) is 26.4 Å². The minimum absolute atomic E-state index is 0.476. The summed E-state index contributed by atoms with van der Waals surface area (Å²) in [5.41, 5.74) is 2.20. The summed E-state index contributed by atoms with van der Waals surface area (Å²) in [6.45, 7) is 7.75. The van der Waals surface area contributed by atoms with Gasteiger partial charge in [0.25, 0.3) is 0 Å². The van der Waals surface area contributed by atoms with Crippen LogP contribution in [0.15, 0.2) is 18.2 Å². The minimum Gasteiger partial charge on any atom is -0.383 e. The molecule has 1 rings (SSSR count). The van der Waals surface area contributed by atoms with Crippen LogP contribution in [0.5, 0.6) is 0 Å². The quantitative estimate of drug-likeness (QED) is 0.710. The summed E-state index contributed by atoms with van der Waals surface area (Å²) in [7, 11) is 3.85. The van der Waals surface area contributed by atoms with E-state index in [1.807, 2.05) is 13.0 Å². The highest BCUT2D eigenvalue weighted by Crippen LogP contribution is 2.04. The second-order valence-electron chi connectivity index (χ2n) is 4.73. The maximum Gasteiger partial charge on any atom is 0.0587 e. The number of ether oxygens (including phenoxy) is 1. The van der Waals surface area contributed by atoms with Crippen molar-refractivity contribution in [1.29, 1.82) is 0 Å². The number of nitrogens with zero attached hydrogens (tertiary/aromatic N) is 2. The Balaban J connectivity index is 2.33. The molecule has 1 N–H and O–H groups in total. The highest BCUT2D eigenvalue weighted by Gasteiger charge is 2.09. The van der Waals surface area contributed by atoms with Gasteiger partial charge in [0.1, 0.15) is 0 Å². The van der Waals surface area contributed by atoms with Crippen molar-refractivity contribution >= 4 is 0 Å². The molecular weight excluding hydrogens is 226 g/mol. The van der Waals surface area contributed by atoms with Gasteiger partial charge in [-0.3, -0.25) is 9.88 Å². The first kappa shape index (κ1) is 15.1. The molecule has 0 radical (unpaired) electrons. The summed E-state index contributed by atoms with van der Waals surface area (Å²) in [6.07, 6.45) is 0. The number of likely N-dealkylation sites (N-methyl/N-ethyl adjacent to an activating group) is 1. The van der Waals surface area contributed by atoms with E-state index < -0.39 is 0 Å². The summed E-state index contributed by atoms with van der Waals surface area (Å²) in [4.78, 5) is 6.83. The van der Waals surface area contributed by atoms with Crippen LogP contribution in [0, 0.1) is 6.92 Å². The predicted molar refractivity (Wildman–Crippen MR) is 74.6 cm³/mol. The first-order valence-corrected chi connectivity index (χ1v) is 6.46. The maximum absolute atomic E-state index is 5.01. The smallest absolute Gasteiger partial charge is 0.0587 e. The molecule has 0 aliphatic carbocycles. The van der Waals surface area contributed by atoms with E-state index in [0.29, 0.717) is 6.04 Å². The minimum atomic E-state index is 0.476. The van der Waals surface area contributed by atoms with Crippen molar-refractivity contribution in [3.8, 4) is 0 Å². The van der Waals surface area contributed by atoms with Crippen LogP contribution in [0.2, 0.25) is 0 Å². The van der Waals surface area contributed by atoms with E-state index in [0.717, 1.165) is 37.6 Å². The molecule has 0 saturated heterocycles. The third-order valence-electron chi connectivity index (χ3n) is 3.03. The van der Waals surface area contributed by atoms with Crippen LogP contribution in [0.3, 0.4) is 0 Å². The van der Waals surface area contributed by atoms with Crippen LogP contribution in [0.1, 0.15) is 18.3 Å². The van der Waals surface area contributed by atoms with Crippen molar-refractivity contribution in [2.75, 3.05) is 33.9 Å². The standard InChI is InChI=1S/C14H25N3O/c1-12-6-5-7-14(16-12)11-17(3)13(2)10-15-8-9-18-4/h5-7,13,15H,8-11H2,1-4H3. The zero-order valence-corrected chi connectivity index (χ0v) is 11.9. The van der Waals surface area contributed by atoms with Gasteiger partial charge in [-0.25, -0.2) is 0 Å². The van der Waals surface area contributed by atoms with Gasteiger partial charge in [-0.1, -0.05) is 6.07 Å². The third-order valence-corrected chi connectivity index (χ3v) is 3.03. The topological polar surface area (TPSA) is 37.4 Å². The van der Waals surface area contributed by atoms with Gasteiger partial charge in [0.15, 0.2) is 0 Å². The van der Waals surface area contributed by atoms with Crippen molar-refractivity contribution in [2.24, 2.45) is 0 Å². The maximum atomic E-state index is 5.01. The Hall–Kier alpha value is -0.970. The number of pyridine rings is 1. The summed E-state index contributed by atoms with van der Waals surface area (Å²) in [5, 5.41) is 3.38. The molecule has 0 saturated carbocycles. The Morgan fingerprint density at radius 2 is 2.22 bits per heavy atom. The second kappa shape index (κ2) is 8.19. The first-order chi connectivity index (χ1) is 8.63. The average Bonchev–Trinajstić information content (AvgIpc) is 2.34. The van der Waals surface area contributed by atoms with Crippen molar-refractivity contribution < 1.29 is 4.74 Å². The molecule has 4 heteroatoms. The highest BCUT2D eigenvalue weighted by molar-refractivity contribution is 5.09. The van der Waals surface area contributed by atoms with Gasteiger partial charge in [-0.05, 0) is 33.0 Å². The van der Waals surface area contributed by atoms with Gasteiger partial charge in [0, 0.05) is 38.5 Å². The number of aryl methyl sites for hydroxylation is 1. The van der Waals surface area contributed by atoms with Gasteiger partial charge in [0.2, 0.25) is 0 Å². The summed E-state index contributed by atoms with van der Waals surface area (Å²) in [5.74, 6) is 0. The molecule has 0 amide bonds. The fourth-order valence-corrected chi connectivity index (χ4v) is 1.74. The number of hydrogen-bond acceptors (Lipinski definition) is 4. The molecule has 0 aliphatic heterocycles. The molecule has 0 aliphatic rings. The van der Waals surface area contributed by atoms with Crippen molar-refractivity contribution in [1.82, 2.24) is 15.2 Å². The number of rotatable bonds is 8. The number of aromatic nitrogens is 1. The van der Waals surface area contributed by atoms with Crippen LogP contribution in [-0.4, -0.2) is 49.8 Å². The normalized spacial score (nSPS) is 12.9. The van der Waals surface area contributed by atoms with Crippen LogP contribution >= 0.6 is 0 Å². The van der Waals surface area contributed by atoms with E-state index in [-0.39, 0.29) is 0 Å². The molecule has 1 heterocycles. The molecule has 1 aromatic rings. The second-order valence-corrected chi connectivity index (χ2v) is 4.73.